The molecule has 0 saturated carbocycles. The number of nitrogens with zero attached hydrogens (tertiary/aromatic N) is 4. The number of halogens is 1. The van der Waals surface area contributed by atoms with Crippen LogP contribution in [0.25, 0.3) is 11.0 Å². The summed E-state index contributed by atoms with van der Waals surface area (Å²) in [5.41, 5.74) is 6.96. The molecule has 0 atom stereocenters. The molecule has 0 unspecified atom stereocenters. The monoisotopic (exact) mass is 385 g/mol. The van der Waals surface area contributed by atoms with Crippen molar-refractivity contribution in [1.29, 1.82) is 0 Å². The van der Waals surface area contributed by atoms with Gasteiger partial charge >= 0.3 is 0 Å². The summed E-state index contributed by atoms with van der Waals surface area (Å²) in [6.45, 7) is 6.84. The molecule has 0 aliphatic carbocycles. The van der Waals surface area contributed by atoms with Crippen LogP contribution in [0.15, 0.2) is 12.5 Å². The summed E-state index contributed by atoms with van der Waals surface area (Å²) in [7, 11) is 0. The Kier molecular flexibility index (Phi) is 3.85. The zero-order chi connectivity index (χ0) is 14.3. The molecule has 1 aliphatic rings. The lowest BCUT2D eigenvalue weighted by atomic mass is 10.0. The number of hydrogen-bond donors (Lipinski definition) is 1. The maximum atomic E-state index is 5.98. The Morgan fingerprint density at radius 3 is 2.65 bits per heavy atom. The first kappa shape index (κ1) is 14.1. The molecule has 2 aromatic heterocycles. The van der Waals surface area contributed by atoms with Gasteiger partial charge in [-0.05, 0) is 49.3 Å². The minimum absolute atomic E-state index is 0.519. The van der Waals surface area contributed by atoms with E-state index in [9.17, 15) is 0 Å². The highest BCUT2D eigenvalue weighted by Gasteiger charge is 2.24. The maximum Gasteiger partial charge on any atom is 0.146 e. The molecular formula is C14H20IN5. The Balaban J connectivity index is 1.91. The molecule has 6 heteroatoms. The number of piperidine rings is 1. The van der Waals surface area contributed by atoms with Gasteiger partial charge in [0.05, 0.1) is 5.39 Å². The SMILES string of the molecule is CC(C)N1CCC(n2cc(I)c3c(N)ncnc32)CC1. The Morgan fingerprint density at radius 1 is 1.30 bits per heavy atom. The zero-order valence-corrected chi connectivity index (χ0v) is 14.0. The summed E-state index contributed by atoms with van der Waals surface area (Å²) in [6, 6.07) is 1.15. The van der Waals surface area contributed by atoms with Gasteiger partial charge in [0.25, 0.3) is 0 Å². The van der Waals surface area contributed by atoms with Crippen LogP contribution < -0.4 is 5.73 Å². The summed E-state index contributed by atoms with van der Waals surface area (Å²) in [5.74, 6) is 0.581. The molecule has 0 amide bonds. The van der Waals surface area contributed by atoms with Crippen LogP contribution in [-0.4, -0.2) is 38.6 Å². The highest BCUT2D eigenvalue weighted by Crippen LogP contribution is 2.32. The number of anilines is 1. The van der Waals surface area contributed by atoms with Gasteiger partial charge < -0.3 is 15.2 Å². The molecule has 1 fully saturated rings. The van der Waals surface area contributed by atoms with Crippen molar-refractivity contribution in [2.24, 2.45) is 0 Å². The van der Waals surface area contributed by atoms with Crippen molar-refractivity contribution in [1.82, 2.24) is 19.4 Å². The number of hydrogen-bond acceptors (Lipinski definition) is 4. The molecule has 1 saturated heterocycles. The number of rotatable bonds is 2. The van der Waals surface area contributed by atoms with Crippen molar-refractivity contribution in [3.05, 3.63) is 16.1 Å². The van der Waals surface area contributed by atoms with Gasteiger partial charge in [0, 0.05) is 34.9 Å². The Bertz CT molecular complexity index is 613. The molecular weight excluding hydrogens is 365 g/mol. The maximum absolute atomic E-state index is 5.98. The lowest BCUT2D eigenvalue weighted by molar-refractivity contribution is 0.153. The van der Waals surface area contributed by atoms with Gasteiger partial charge in [0.2, 0.25) is 0 Å². The molecule has 3 rings (SSSR count). The second-order valence-electron chi connectivity index (χ2n) is 5.70. The van der Waals surface area contributed by atoms with Crippen molar-refractivity contribution in [2.75, 3.05) is 18.8 Å². The summed E-state index contributed by atoms with van der Waals surface area (Å²) in [5, 5.41) is 0.999. The van der Waals surface area contributed by atoms with E-state index in [2.05, 4.69) is 62.1 Å². The molecule has 0 aromatic carbocycles. The van der Waals surface area contributed by atoms with Crippen LogP contribution in [0.3, 0.4) is 0 Å². The van der Waals surface area contributed by atoms with Crippen LogP contribution in [-0.2, 0) is 0 Å². The third-order valence-corrected chi connectivity index (χ3v) is 5.03. The second kappa shape index (κ2) is 5.48. The van der Waals surface area contributed by atoms with Gasteiger partial charge in [-0.1, -0.05) is 0 Å². The second-order valence-corrected chi connectivity index (χ2v) is 6.86. The number of nitrogens with two attached hydrogens (primary N) is 1. The molecule has 2 N–H and O–H groups in total. The molecule has 1 aliphatic heterocycles. The number of nitrogen functional groups attached to an aromatic ring is 1. The topological polar surface area (TPSA) is 60.0 Å². The average molecular weight is 385 g/mol. The van der Waals surface area contributed by atoms with E-state index in [0.717, 1.165) is 27.7 Å². The normalized spacial score (nSPS) is 18.2. The van der Waals surface area contributed by atoms with E-state index in [1.165, 1.54) is 12.8 Å². The molecule has 0 radical (unpaired) electrons. The third-order valence-electron chi connectivity index (χ3n) is 4.22. The molecule has 3 heterocycles. The fourth-order valence-electron chi connectivity index (χ4n) is 3.02. The van der Waals surface area contributed by atoms with E-state index in [1.807, 2.05) is 0 Å². The van der Waals surface area contributed by atoms with Gasteiger partial charge in [-0.25, -0.2) is 9.97 Å². The Labute approximate surface area is 132 Å². The Morgan fingerprint density at radius 2 is 2.00 bits per heavy atom. The van der Waals surface area contributed by atoms with Gasteiger partial charge in [-0.15, -0.1) is 0 Å². The van der Waals surface area contributed by atoms with Crippen LogP contribution >= 0.6 is 22.6 Å². The van der Waals surface area contributed by atoms with Gasteiger partial charge in [-0.3, -0.25) is 0 Å². The van der Waals surface area contributed by atoms with Crippen LogP contribution in [0.5, 0.6) is 0 Å². The van der Waals surface area contributed by atoms with Crippen LogP contribution in [0.1, 0.15) is 32.7 Å². The first-order valence-electron chi connectivity index (χ1n) is 7.08. The van der Waals surface area contributed by atoms with Gasteiger partial charge in [-0.2, -0.15) is 0 Å². The van der Waals surface area contributed by atoms with Crippen molar-refractivity contribution in [3.8, 4) is 0 Å². The molecule has 0 bridgehead atoms. The van der Waals surface area contributed by atoms with E-state index in [0.29, 0.717) is 17.9 Å². The van der Waals surface area contributed by atoms with Crippen LogP contribution in [0.2, 0.25) is 0 Å². The first-order valence-corrected chi connectivity index (χ1v) is 8.16. The van der Waals surface area contributed by atoms with Crippen molar-refractivity contribution in [3.63, 3.8) is 0 Å². The lowest BCUT2D eigenvalue weighted by Crippen LogP contribution is -2.38. The standard InChI is InChI=1S/C14H20IN5/c1-9(2)19-5-3-10(4-6-19)20-7-11(15)12-13(16)17-8-18-14(12)20/h7-10H,3-6H2,1-2H3,(H2,16,17,18). The van der Waals surface area contributed by atoms with Crippen LogP contribution in [0.4, 0.5) is 5.82 Å². The third kappa shape index (κ3) is 2.39. The highest BCUT2D eigenvalue weighted by atomic mass is 127. The minimum atomic E-state index is 0.519. The predicted molar refractivity (Wildman–Crippen MR) is 89.6 cm³/mol. The van der Waals surface area contributed by atoms with Gasteiger partial charge in [0.15, 0.2) is 0 Å². The number of fused-ring (bicyclic) bond motifs is 1. The molecule has 108 valence electrons. The summed E-state index contributed by atoms with van der Waals surface area (Å²) in [4.78, 5) is 11.1. The predicted octanol–water partition coefficient (Wildman–Crippen LogP) is 2.66. The first-order chi connectivity index (χ1) is 9.58. The molecule has 0 spiro atoms. The largest absolute Gasteiger partial charge is 0.383 e. The smallest absolute Gasteiger partial charge is 0.146 e. The van der Waals surface area contributed by atoms with E-state index in [-0.39, 0.29) is 0 Å². The fraction of sp³-hybridized carbons (Fsp3) is 0.571. The summed E-state index contributed by atoms with van der Waals surface area (Å²) < 4.78 is 3.44. The Hall–Kier alpha value is -0.890. The summed E-state index contributed by atoms with van der Waals surface area (Å²) >= 11 is 2.32. The van der Waals surface area contributed by atoms with E-state index in [4.69, 9.17) is 5.73 Å². The molecule has 20 heavy (non-hydrogen) atoms. The molecule has 5 nitrogen and oxygen atoms in total. The van der Waals surface area contributed by atoms with Crippen molar-refractivity contribution < 1.29 is 0 Å². The van der Waals surface area contributed by atoms with Crippen molar-refractivity contribution in [2.45, 2.75) is 38.8 Å². The number of aromatic nitrogens is 3. The summed E-state index contributed by atoms with van der Waals surface area (Å²) in [6.07, 6.45) is 6.07. The molecule has 2 aromatic rings. The quantitative estimate of drug-likeness (QED) is 0.808. The van der Waals surface area contributed by atoms with E-state index >= 15 is 0 Å². The fourth-order valence-corrected chi connectivity index (χ4v) is 3.84. The zero-order valence-electron chi connectivity index (χ0n) is 11.9. The van der Waals surface area contributed by atoms with Crippen LogP contribution in [0, 0.1) is 3.57 Å². The lowest BCUT2D eigenvalue weighted by Gasteiger charge is -2.35. The minimum Gasteiger partial charge on any atom is -0.383 e. The van der Waals surface area contributed by atoms with E-state index < -0.39 is 0 Å². The van der Waals surface area contributed by atoms with Crippen molar-refractivity contribution >= 4 is 39.4 Å². The average Bonchev–Trinajstić information content (AvgIpc) is 2.77. The van der Waals surface area contributed by atoms with E-state index in [1.54, 1.807) is 6.33 Å². The highest BCUT2D eigenvalue weighted by molar-refractivity contribution is 14.1. The number of likely N-dealkylation sites (tertiary alicyclic amines) is 1. The van der Waals surface area contributed by atoms with Gasteiger partial charge in [0.1, 0.15) is 17.8 Å².